The van der Waals surface area contributed by atoms with Crippen LogP contribution in [0.1, 0.15) is 18.1 Å². The third-order valence-electron chi connectivity index (χ3n) is 1.89. The molecule has 0 fully saturated rings. The number of benzene rings is 1. The van der Waals surface area contributed by atoms with E-state index in [0.717, 1.165) is 11.1 Å². The molecule has 0 saturated heterocycles. The topological polar surface area (TPSA) is 47.6 Å². The Morgan fingerprint density at radius 3 is 2.40 bits per heavy atom. The summed E-state index contributed by atoms with van der Waals surface area (Å²) in [6.07, 6.45) is 0. The number of ether oxygens (including phenoxy) is 1. The van der Waals surface area contributed by atoms with Crippen LogP contribution >= 0.6 is 0 Å². The van der Waals surface area contributed by atoms with Crippen molar-refractivity contribution >= 4 is 5.97 Å². The minimum Gasteiger partial charge on any atom is -0.461 e. The maximum absolute atomic E-state index is 10.6. The predicted octanol–water partition coefficient (Wildman–Crippen LogP) is 1.40. The summed E-state index contributed by atoms with van der Waals surface area (Å²) in [7, 11) is 1.58. The minimum atomic E-state index is -0.264. The number of hydroxylamine groups is 1. The molecule has 4 heteroatoms. The van der Waals surface area contributed by atoms with Gasteiger partial charge in [-0.15, -0.1) is 0 Å². The van der Waals surface area contributed by atoms with Crippen molar-refractivity contribution in [3.63, 3.8) is 0 Å². The average molecular weight is 209 g/mol. The summed E-state index contributed by atoms with van der Waals surface area (Å²) >= 11 is 0. The van der Waals surface area contributed by atoms with E-state index in [1.54, 1.807) is 7.11 Å². The van der Waals surface area contributed by atoms with Gasteiger partial charge in [0.1, 0.15) is 6.61 Å². The van der Waals surface area contributed by atoms with Crippen LogP contribution in [0.3, 0.4) is 0 Å². The van der Waals surface area contributed by atoms with E-state index in [1.165, 1.54) is 6.92 Å². The van der Waals surface area contributed by atoms with Crippen LogP contribution in [-0.2, 0) is 27.5 Å². The van der Waals surface area contributed by atoms with E-state index in [9.17, 15) is 4.79 Å². The van der Waals surface area contributed by atoms with Crippen LogP contribution in [0.25, 0.3) is 0 Å². The summed E-state index contributed by atoms with van der Waals surface area (Å²) in [5.41, 5.74) is 4.84. The molecule has 0 aliphatic heterocycles. The van der Waals surface area contributed by atoms with Gasteiger partial charge in [-0.1, -0.05) is 24.3 Å². The van der Waals surface area contributed by atoms with Gasteiger partial charge in [0.15, 0.2) is 0 Å². The lowest BCUT2D eigenvalue weighted by Crippen LogP contribution is -2.10. The van der Waals surface area contributed by atoms with Gasteiger partial charge in [0, 0.05) is 13.5 Å². The third-order valence-corrected chi connectivity index (χ3v) is 1.89. The van der Waals surface area contributed by atoms with Gasteiger partial charge in [-0.2, -0.15) is 5.48 Å². The maximum Gasteiger partial charge on any atom is 0.302 e. The van der Waals surface area contributed by atoms with Crippen molar-refractivity contribution in [1.29, 1.82) is 0 Å². The first-order chi connectivity index (χ1) is 7.22. The number of rotatable bonds is 5. The van der Waals surface area contributed by atoms with Gasteiger partial charge in [-0.05, 0) is 11.1 Å². The highest BCUT2D eigenvalue weighted by molar-refractivity contribution is 5.65. The molecule has 1 N–H and O–H groups in total. The van der Waals surface area contributed by atoms with Crippen molar-refractivity contribution in [2.24, 2.45) is 0 Å². The van der Waals surface area contributed by atoms with Gasteiger partial charge in [0.25, 0.3) is 0 Å². The molecule has 0 heterocycles. The molecule has 0 spiro atoms. The molecule has 1 aromatic rings. The minimum absolute atomic E-state index is 0.264. The number of carbonyl (C=O) groups excluding carboxylic acids is 1. The monoisotopic (exact) mass is 209 g/mol. The fourth-order valence-electron chi connectivity index (χ4n) is 1.09. The van der Waals surface area contributed by atoms with Gasteiger partial charge in [0.2, 0.25) is 0 Å². The van der Waals surface area contributed by atoms with Crippen molar-refractivity contribution in [1.82, 2.24) is 5.48 Å². The molecular formula is C11H15NO3. The molecule has 1 aromatic carbocycles. The number of esters is 1. The van der Waals surface area contributed by atoms with Crippen molar-refractivity contribution in [3.05, 3.63) is 35.4 Å². The van der Waals surface area contributed by atoms with Crippen LogP contribution in [0.2, 0.25) is 0 Å². The Hall–Kier alpha value is -1.39. The van der Waals surface area contributed by atoms with Crippen LogP contribution in [-0.4, -0.2) is 13.1 Å². The highest BCUT2D eigenvalue weighted by atomic mass is 16.6. The Bertz CT molecular complexity index is 308. The molecule has 0 aliphatic rings. The number of hydrogen-bond donors (Lipinski definition) is 1. The maximum atomic E-state index is 10.6. The lowest BCUT2D eigenvalue weighted by Gasteiger charge is -2.04. The molecule has 0 aromatic heterocycles. The predicted molar refractivity (Wildman–Crippen MR) is 55.8 cm³/mol. The molecule has 0 radical (unpaired) electrons. The summed E-state index contributed by atoms with van der Waals surface area (Å²) < 4.78 is 4.87. The third kappa shape index (κ3) is 4.58. The summed E-state index contributed by atoms with van der Waals surface area (Å²) in [6, 6.07) is 7.78. The van der Waals surface area contributed by atoms with Crippen LogP contribution in [0.4, 0.5) is 0 Å². The van der Waals surface area contributed by atoms with Crippen molar-refractivity contribution in [3.8, 4) is 0 Å². The Morgan fingerprint density at radius 1 is 1.27 bits per heavy atom. The first-order valence-corrected chi connectivity index (χ1v) is 4.69. The van der Waals surface area contributed by atoms with Crippen LogP contribution in [0.15, 0.2) is 24.3 Å². The lowest BCUT2D eigenvalue weighted by atomic mass is 10.1. The van der Waals surface area contributed by atoms with E-state index in [2.05, 4.69) is 5.48 Å². The standard InChI is InChI=1S/C11H15NO3/c1-9(13)15-8-11-5-3-10(4-6-11)7-12-14-2/h3-6,12H,7-8H2,1-2H3. The lowest BCUT2D eigenvalue weighted by molar-refractivity contribution is -0.142. The van der Waals surface area contributed by atoms with Gasteiger partial charge in [0.05, 0.1) is 7.11 Å². The fourth-order valence-corrected chi connectivity index (χ4v) is 1.09. The largest absolute Gasteiger partial charge is 0.461 e. The highest BCUT2D eigenvalue weighted by Crippen LogP contribution is 2.05. The average Bonchev–Trinajstić information content (AvgIpc) is 2.25. The normalized spacial score (nSPS) is 10.0. The van der Waals surface area contributed by atoms with Crippen LogP contribution in [0.5, 0.6) is 0 Å². The van der Waals surface area contributed by atoms with E-state index in [0.29, 0.717) is 13.2 Å². The van der Waals surface area contributed by atoms with Crippen molar-refractivity contribution < 1.29 is 14.4 Å². The molecule has 15 heavy (non-hydrogen) atoms. The van der Waals surface area contributed by atoms with Crippen molar-refractivity contribution in [2.75, 3.05) is 7.11 Å². The zero-order chi connectivity index (χ0) is 11.1. The zero-order valence-electron chi connectivity index (χ0n) is 8.95. The van der Waals surface area contributed by atoms with Gasteiger partial charge in [-0.3, -0.25) is 4.79 Å². The second-order valence-corrected chi connectivity index (χ2v) is 3.12. The smallest absolute Gasteiger partial charge is 0.302 e. The van der Waals surface area contributed by atoms with Crippen LogP contribution in [0, 0.1) is 0 Å². The molecule has 0 unspecified atom stereocenters. The van der Waals surface area contributed by atoms with E-state index in [1.807, 2.05) is 24.3 Å². The van der Waals surface area contributed by atoms with E-state index < -0.39 is 0 Å². The molecule has 0 atom stereocenters. The summed E-state index contributed by atoms with van der Waals surface area (Å²) in [4.78, 5) is 15.3. The highest BCUT2D eigenvalue weighted by Gasteiger charge is 1.97. The second kappa shape index (κ2) is 6.16. The number of nitrogens with one attached hydrogen (secondary N) is 1. The molecule has 0 saturated carbocycles. The summed E-state index contributed by atoms with van der Waals surface area (Å²) in [5.74, 6) is -0.264. The quantitative estimate of drug-likeness (QED) is 0.588. The fraction of sp³-hybridized carbons (Fsp3) is 0.364. The van der Waals surface area contributed by atoms with Gasteiger partial charge < -0.3 is 9.57 Å². The molecule has 4 nitrogen and oxygen atoms in total. The Morgan fingerprint density at radius 2 is 1.87 bits per heavy atom. The molecule has 0 aliphatic carbocycles. The molecule has 0 amide bonds. The second-order valence-electron chi connectivity index (χ2n) is 3.12. The first kappa shape index (κ1) is 11.7. The van der Waals surface area contributed by atoms with Crippen molar-refractivity contribution in [2.45, 2.75) is 20.1 Å². The Labute approximate surface area is 89.1 Å². The zero-order valence-corrected chi connectivity index (χ0v) is 8.95. The number of carbonyl (C=O) groups is 1. The summed E-state index contributed by atoms with van der Waals surface area (Å²) in [5, 5.41) is 0. The Kier molecular flexibility index (Phi) is 4.80. The van der Waals surface area contributed by atoms with Gasteiger partial charge in [-0.25, -0.2) is 0 Å². The number of hydrogen-bond acceptors (Lipinski definition) is 4. The van der Waals surface area contributed by atoms with E-state index in [4.69, 9.17) is 9.57 Å². The molecule has 82 valence electrons. The van der Waals surface area contributed by atoms with E-state index >= 15 is 0 Å². The molecular weight excluding hydrogens is 194 g/mol. The van der Waals surface area contributed by atoms with Gasteiger partial charge >= 0.3 is 5.97 Å². The SMILES string of the molecule is CONCc1ccc(COC(C)=O)cc1. The first-order valence-electron chi connectivity index (χ1n) is 4.69. The summed E-state index contributed by atoms with van der Waals surface area (Å²) in [6.45, 7) is 2.38. The Balaban J connectivity index is 2.45. The van der Waals surface area contributed by atoms with E-state index in [-0.39, 0.29) is 5.97 Å². The molecule has 1 rings (SSSR count). The van der Waals surface area contributed by atoms with Crippen LogP contribution < -0.4 is 5.48 Å². The molecule has 0 bridgehead atoms.